The van der Waals surface area contributed by atoms with Gasteiger partial charge in [-0.05, 0) is 113 Å². The molecule has 2 aliphatic carbocycles. The molecular weight excluding hydrogens is 851 g/mol. The molecule has 4 aliphatic rings. The van der Waals surface area contributed by atoms with Crippen molar-refractivity contribution in [2.75, 3.05) is 33.2 Å². The lowest BCUT2D eigenvalue weighted by Gasteiger charge is -2.60. The van der Waals surface area contributed by atoms with Crippen LogP contribution in [0.15, 0.2) is 65.9 Å². The number of unbranched alkanes of at least 4 members (excludes halogenated alkanes) is 10. The van der Waals surface area contributed by atoms with Crippen LogP contribution in [0.4, 0.5) is 4.79 Å². The molecule has 0 aromatic heterocycles. The van der Waals surface area contributed by atoms with E-state index < -0.39 is 29.4 Å². The highest BCUT2D eigenvalue weighted by atomic mass is 16.7. The van der Waals surface area contributed by atoms with Crippen LogP contribution in [0.1, 0.15) is 161 Å². The van der Waals surface area contributed by atoms with Gasteiger partial charge in [-0.15, -0.1) is 6.58 Å². The highest BCUT2D eigenvalue weighted by Gasteiger charge is 2.65. The van der Waals surface area contributed by atoms with Crippen LogP contribution < -0.4 is 24.3 Å². The van der Waals surface area contributed by atoms with E-state index in [1.807, 2.05) is 62.9 Å². The van der Waals surface area contributed by atoms with E-state index in [1.165, 1.54) is 32.1 Å². The van der Waals surface area contributed by atoms with Gasteiger partial charge in [0.05, 0.1) is 18.2 Å². The lowest BCUT2D eigenvalue weighted by molar-refractivity contribution is -0.258. The number of hydrogen-bond acceptors (Lipinski definition) is 11. The quantitative estimate of drug-likeness (QED) is 0.0447. The molecule has 2 aromatic carbocycles. The number of aliphatic hydroxyl groups excluding tert-OH is 2. The van der Waals surface area contributed by atoms with Gasteiger partial charge in [-0.25, -0.2) is 4.79 Å². The van der Waals surface area contributed by atoms with Crippen molar-refractivity contribution in [2.24, 2.45) is 22.9 Å². The fraction of sp³-hybridized carbons (Fsp3) is 0.648. The number of carbonyl (C=O) groups is 2. The Hall–Kier alpha value is -4.59. The molecule has 6 rings (SSSR count). The Bertz CT molecular complexity index is 2000. The smallest absolute Gasteiger partial charge is 0.412 e. The van der Waals surface area contributed by atoms with Crippen LogP contribution >= 0.6 is 0 Å². The van der Waals surface area contributed by atoms with Crippen LogP contribution in [0, 0.1) is 17.8 Å². The zero-order valence-electron chi connectivity index (χ0n) is 41.0. The highest BCUT2D eigenvalue weighted by Crippen LogP contribution is 2.62. The number of benzene rings is 2. The molecule has 13 nitrogen and oxygen atoms in total. The van der Waals surface area contributed by atoms with Crippen LogP contribution in [-0.2, 0) is 20.9 Å². The van der Waals surface area contributed by atoms with Gasteiger partial charge in [0.15, 0.2) is 11.5 Å². The molecule has 3 N–H and O–H groups in total. The first-order valence-electron chi connectivity index (χ1n) is 25.4. The van der Waals surface area contributed by atoms with Crippen molar-refractivity contribution in [1.82, 2.24) is 10.2 Å². The Morgan fingerprint density at radius 2 is 1.60 bits per heavy atom. The molecule has 2 amide bonds. The van der Waals surface area contributed by atoms with Crippen molar-refractivity contribution in [1.29, 1.82) is 0 Å². The van der Waals surface area contributed by atoms with Crippen LogP contribution in [0.3, 0.4) is 0 Å². The summed E-state index contributed by atoms with van der Waals surface area (Å²) in [6, 6.07) is 10.7. The Morgan fingerprint density at radius 3 is 2.30 bits per heavy atom. The van der Waals surface area contributed by atoms with E-state index in [-0.39, 0.29) is 63.2 Å². The summed E-state index contributed by atoms with van der Waals surface area (Å²) in [5.74, 6) is 0.102. The Labute approximate surface area is 399 Å². The molecule has 0 saturated heterocycles. The molecule has 6 atom stereocenters. The molecule has 1 fully saturated rings. The first-order valence-corrected chi connectivity index (χ1v) is 25.4. The molecule has 2 heterocycles. The molecule has 67 heavy (non-hydrogen) atoms. The number of allylic oxidation sites excluding steroid dienone is 1. The Balaban J connectivity index is 1.52. The van der Waals surface area contributed by atoms with Crippen LogP contribution in [0.5, 0.6) is 23.0 Å². The second-order valence-corrected chi connectivity index (χ2v) is 19.7. The van der Waals surface area contributed by atoms with Crippen molar-refractivity contribution in [3.63, 3.8) is 0 Å². The molecular formula is C54H79N3O10. The third kappa shape index (κ3) is 13.4. The zero-order chi connectivity index (χ0) is 47.8. The lowest BCUT2D eigenvalue weighted by atomic mass is 9.55. The van der Waals surface area contributed by atoms with Gasteiger partial charge in [0.25, 0.3) is 0 Å². The summed E-state index contributed by atoms with van der Waals surface area (Å²) < 4.78 is 32.0. The lowest BCUT2D eigenvalue weighted by Crippen LogP contribution is -2.70. The average Bonchev–Trinajstić information content (AvgIpc) is 3.78. The fourth-order valence-corrected chi connectivity index (χ4v) is 10.5. The summed E-state index contributed by atoms with van der Waals surface area (Å²) in [7, 11) is 0. The van der Waals surface area contributed by atoms with Crippen molar-refractivity contribution < 1.29 is 48.3 Å². The summed E-state index contributed by atoms with van der Waals surface area (Å²) in [5.41, 5.74) is 2.80. The number of fused-ring (bicyclic) bond motifs is 3. The number of hydrogen-bond donors (Lipinski definition) is 3. The van der Waals surface area contributed by atoms with Crippen molar-refractivity contribution in [3.8, 4) is 23.0 Å². The number of nitrogens with zero attached hydrogens (tertiary/aromatic N) is 2. The van der Waals surface area contributed by atoms with Gasteiger partial charge < -0.3 is 49.0 Å². The van der Waals surface area contributed by atoms with E-state index in [0.29, 0.717) is 48.8 Å². The summed E-state index contributed by atoms with van der Waals surface area (Å²) in [6.45, 7) is 15.2. The summed E-state index contributed by atoms with van der Waals surface area (Å²) >= 11 is 0. The number of carbonyl (C=O) groups excluding carboxylic acids is 2. The molecule has 1 saturated carbocycles. The maximum atomic E-state index is 15.3. The van der Waals surface area contributed by atoms with Gasteiger partial charge in [-0.3, -0.25) is 4.79 Å². The molecule has 0 spiro atoms. The van der Waals surface area contributed by atoms with Crippen molar-refractivity contribution >= 4 is 17.7 Å². The van der Waals surface area contributed by atoms with E-state index in [4.69, 9.17) is 33.7 Å². The van der Waals surface area contributed by atoms with Crippen LogP contribution in [0.2, 0.25) is 0 Å². The predicted molar refractivity (Wildman–Crippen MR) is 260 cm³/mol. The first kappa shape index (κ1) is 51.8. The zero-order valence-corrected chi connectivity index (χ0v) is 41.0. The maximum Gasteiger partial charge on any atom is 0.412 e. The normalized spacial score (nSPS) is 23.1. The molecule has 2 aromatic rings. The number of amides is 2. The Morgan fingerprint density at radius 1 is 0.896 bits per heavy atom. The van der Waals surface area contributed by atoms with Gasteiger partial charge in [-0.1, -0.05) is 94.5 Å². The minimum Gasteiger partial charge on any atom is -0.459 e. The summed E-state index contributed by atoms with van der Waals surface area (Å²) in [4.78, 5) is 36.4. The SMILES string of the molecule is C=CCOC12Oc3ccc(OC(=O)NCC)cc3C3C(CCCCO)C(CCCCO)C=C(C(=NOC(C)(C)C)CC1N(Cc1ccc4c(c1)OCO4)C(=O)CCCCCCCCCCC)C32. The van der Waals surface area contributed by atoms with Crippen LogP contribution in [-0.4, -0.2) is 83.4 Å². The van der Waals surface area contributed by atoms with Gasteiger partial charge >= 0.3 is 6.09 Å². The molecule has 13 heteroatoms. The molecule has 0 bridgehead atoms. The number of oxime groups is 1. The number of aliphatic hydroxyl groups is 2. The van der Waals surface area contributed by atoms with E-state index in [9.17, 15) is 15.0 Å². The van der Waals surface area contributed by atoms with Crippen LogP contribution in [0.25, 0.3) is 0 Å². The van der Waals surface area contributed by atoms with Gasteiger partial charge in [-0.2, -0.15) is 0 Å². The topological polar surface area (TPSA) is 158 Å². The molecule has 0 radical (unpaired) electrons. The average molecular weight is 930 g/mol. The third-order valence-corrected chi connectivity index (χ3v) is 13.6. The second-order valence-electron chi connectivity index (χ2n) is 19.7. The Kier molecular flexibility index (Phi) is 19.4. The first-order chi connectivity index (χ1) is 32.5. The van der Waals surface area contributed by atoms with Crippen molar-refractivity contribution in [3.05, 3.63) is 71.8 Å². The summed E-state index contributed by atoms with van der Waals surface area (Å²) in [6.07, 6.45) is 18.8. The van der Waals surface area contributed by atoms with Gasteiger partial charge in [0, 0.05) is 50.6 Å². The van der Waals surface area contributed by atoms with E-state index >= 15 is 4.79 Å². The standard InChI is InChI=1S/C54H79N3O10/c1-7-10-11-12-13-14-15-16-17-24-49(60)57(36-38-25-27-46-47(32-38)63-37-62-46)48-35-44(56-67-53(4,5)6)42-33-39(22-18-20-29-58)41(23-19-21-30-59)50-43-34-40(65-52(61)55-9-3)26-28-45(43)66-54(48,51(42)50)64-31-8-2/h8,25-28,32-34,39,41,48,50-51,58-59H,2,7,9-24,29-31,35-37H2,1,3-6H3,(H,55,61). The largest absolute Gasteiger partial charge is 0.459 e. The fourth-order valence-electron chi connectivity index (χ4n) is 10.5. The van der Waals surface area contributed by atoms with E-state index in [0.717, 1.165) is 73.8 Å². The summed E-state index contributed by atoms with van der Waals surface area (Å²) in [5, 5.41) is 27.7. The highest BCUT2D eigenvalue weighted by molar-refractivity contribution is 6.03. The minimum absolute atomic E-state index is 0.00970. The van der Waals surface area contributed by atoms with E-state index in [2.05, 4.69) is 24.9 Å². The maximum absolute atomic E-state index is 15.3. The minimum atomic E-state index is -1.43. The predicted octanol–water partition coefficient (Wildman–Crippen LogP) is 10.9. The van der Waals surface area contributed by atoms with Crippen molar-refractivity contribution in [2.45, 2.75) is 174 Å². The molecule has 6 unspecified atom stereocenters. The number of ether oxygens (including phenoxy) is 5. The monoisotopic (exact) mass is 930 g/mol. The number of nitrogens with one attached hydrogen (secondary N) is 1. The second kappa shape index (κ2) is 25.1. The van der Waals surface area contributed by atoms with Gasteiger partial charge in [0.2, 0.25) is 18.5 Å². The van der Waals surface area contributed by atoms with Gasteiger partial charge in [0.1, 0.15) is 23.1 Å². The van der Waals surface area contributed by atoms with E-state index in [1.54, 1.807) is 12.1 Å². The molecule has 2 aliphatic heterocycles. The molecule has 370 valence electrons. The third-order valence-electron chi connectivity index (χ3n) is 13.6. The number of rotatable bonds is 27.